The molecule has 0 spiro atoms. The standard InChI is InChI=1S/C13H11ClN2O4S/c1-2-20-13(19)15-12-16(10(7-21-12)11(17)18)9-6-4-3-5-8(9)14/h3-7H,2H2,1H3,(H,17,18). The highest BCUT2D eigenvalue weighted by Crippen LogP contribution is 2.21. The van der Waals surface area contributed by atoms with E-state index in [-0.39, 0.29) is 17.1 Å². The highest BCUT2D eigenvalue weighted by molar-refractivity contribution is 7.07. The number of nitrogens with zero attached hydrogens (tertiary/aromatic N) is 2. The summed E-state index contributed by atoms with van der Waals surface area (Å²) in [7, 11) is 0. The highest BCUT2D eigenvalue weighted by atomic mass is 35.5. The number of para-hydroxylation sites is 1. The number of benzene rings is 1. The van der Waals surface area contributed by atoms with Gasteiger partial charge in [-0.25, -0.2) is 9.59 Å². The number of aromatic nitrogens is 1. The first kappa shape index (κ1) is 15.3. The minimum atomic E-state index is -1.14. The van der Waals surface area contributed by atoms with Crippen LogP contribution in [-0.2, 0) is 4.74 Å². The third-order valence-electron chi connectivity index (χ3n) is 2.48. The molecule has 2 rings (SSSR count). The van der Waals surface area contributed by atoms with Gasteiger partial charge < -0.3 is 9.84 Å². The summed E-state index contributed by atoms with van der Waals surface area (Å²) in [6.45, 7) is 1.85. The number of carboxylic acids is 1. The molecule has 0 radical (unpaired) electrons. The molecular formula is C13H11ClN2O4S. The lowest BCUT2D eigenvalue weighted by molar-refractivity contribution is 0.0687. The van der Waals surface area contributed by atoms with Crippen LogP contribution in [0.25, 0.3) is 5.69 Å². The fraction of sp³-hybridized carbons (Fsp3) is 0.154. The minimum Gasteiger partial charge on any atom is -0.477 e. The van der Waals surface area contributed by atoms with Crippen LogP contribution in [0.1, 0.15) is 17.4 Å². The van der Waals surface area contributed by atoms with Gasteiger partial charge in [0.15, 0.2) is 0 Å². The Balaban J connectivity index is 2.67. The van der Waals surface area contributed by atoms with Crippen molar-refractivity contribution < 1.29 is 19.4 Å². The maximum atomic E-state index is 11.5. The summed E-state index contributed by atoms with van der Waals surface area (Å²) in [6.07, 6.45) is -0.780. The van der Waals surface area contributed by atoms with Crippen LogP contribution < -0.4 is 4.80 Å². The van der Waals surface area contributed by atoms with E-state index in [1.165, 1.54) is 9.95 Å². The normalized spacial score (nSPS) is 11.4. The van der Waals surface area contributed by atoms with Gasteiger partial charge in [-0.1, -0.05) is 23.7 Å². The number of carbonyl (C=O) groups is 2. The average Bonchev–Trinajstić information content (AvgIpc) is 2.83. The molecule has 0 saturated carbocycles. The van der Waals surface area contributed by atoms with Crippen LogP contribution in [0, 0.1) is 0 Å². The number of hydrogen-bond donors (Lipinski definition) is 1. The molecule has 0 bridgehead atoms. The Bertz CT molecular complexity index is 751. The van der Waals surface area contributed by atoms with E-state index in [0.29, 0.717) is 10.7 Å². The summed E-state index contributed by atoms with van der Waals surface area (Å²) in [4.78, 5) is 26.7. The van der Waals surface area contributed by atoms with Crippen molar-refractivity contribution >= 4 is 35.0 Å². The van der Waals surface area contributed by atoms with E-state index < -0.39 is 12.1 Å². The number of halogens is 1. The second-order valence-corrected chi connectivity index (χ2v) is 5.05. The molecule has 0 aliphatic carbocycles. The lowest BCUT2D eigenvalue weighted by atomic mass is 10.3. The molecule has 0 aliphatic heterocycles. The van der Waals surface area contributed by atoms with Crippen molar-refractivity contribution in [2.75, 3.05) is 6.61 Å². The van der Waals surface area contributed by atoms with Crippen LogP contribution in [0.2, 0.25) is 5.02 Å². The molecule has 0 fully saturated rings. The summed E-state index contributed by atoms with van der Waals surface area (Å²) in [5, 5.41) is 11.0. The number of ether oxygens (including phenoxy) is 1. The molecule has 8 heteroatoms. The lowest BCUT2D eigenvalue weighted by Gasteiger charge is -2.07. The average molecular weight is 327 g/mol. The van der Waals surface area contributed by atoms with Crippen LogP contribution in [0.5, 0.6) is 0 Å². The van der Waals surface area contributed by atoms with E-state index in [1.54, 1.807) is 31.2 Å². The molecule has 1 N–H and O–H groups in total. The van der Waals surface area contributed by atoms with Crippen molar-refractivity contribution in [3.8, 4) is 5.69 Å². The Kier molecular flexibility index (Phi) is 4.77. The van der Waals surface area contributed by atoms with Gasteiger partial charge in [0.1, 0.15) is 5.69 Å². The molecule has 0 saturated heterocycles. The van der Waals surface area contributed by atoms with Gasteiger partial charge in [0, 0.05) is 5.38 Å². The predicted molar refractivity (Wildman–Crippen MR) is 78.2 cm³/mol. The maximum absolute atomic E-state index is 11.5. The number of amides is 1. The molecule has 0 aliphatic rings. The van der Waals surface area contributed by atoms with E-state index in [0.717, 1.165) is 11.3 Å². The van der Waals surface area contributed by atoms with E-state index in [1.807, 2.05) is 0 Å². The molecule has 1 heterocycles. The van der Waals surface area contributed by atoms with Gasteiger partial charge in [0.25, 0.3) is 0 Å². The van der Waals surface area contributed by atoms with E-state index >= 15 is 0 Å². The van der Waals surface area contributed by atoms with Crippen molar-refractivity contribution in [3.63, 3.8) is 0 Å². The third-order valence-corrected chi connectivity index (χ3v) is 3.62. The molecule has 1 aromatic heterocycles. The first-order valence-electron chi connectivity index (χ1n) is 5.94. The van der Waals surface area contributed by atoms with Crippen LogP contribution >= 0.6 is 22.9 Å². The third kappa shape index (κ3) is 3.32. The quantitative estimate of drug-likeness (QED) is 0.940. The lowest BCUT2D eigenvalue weighted by Crippen LogP contribution is -2.20. The van der Waals surface area contributed by atoms with Crippen LogP contribution in [-0.4, -0.2) is 28.3 Å². The molecular weight excluding hydrogens is 316 g/mol. The van der Waals surface area contributed by atoms with Gasteiger partial charge >= 0.3 is 12.1 Å². The van der Waals surface area contributed by atoms with Gasteiger partial charge in [0.05, 0.1) is 17.3 Å². The second-order valence-electron chi connectivity index (χ2n) is 3.81. The van der Waals surface area contributed by atoms with Crippen molar-refractivity contribution in [3.05, 3.63) is 45.2 Å². The number of carboxylic acid groups (broad SMARTS) is 1. The SMILES string of the molecule is CCOC(=O)N=c1scc(C(=O)O)n1-c1ccccc1Cl. The Morgan fingerprint density at radius 2 is 2.14 bits per heavy atom. The summed E-state index contributed by atoms with van der Waals surface area (Å²) >= 11 is 7.11. The Hall–Kier alpha value is -2.12. The van der Waals surface area contributed by atoms with Crippen molar-refractivity contribution in [2.24, 2.45) is 4.99 Å². The molecule has 6 nitrogen and oxygen atoms in total. The first-order chi connectivity index (χ1) is 10.0. The molecule has 1 aromatic carbocycles. The highest BCUT2D eigenvalue weighted by Gasteiger charge is 2.16. The summed E-state index contributed by atoms with van der Waals surface area (Å²) in [6, 6.07) is 6.71. The number of hydrogen-bond acceptors (Lipinski definition) is 4. The zero-order valence-corrected chi connectivity index (χ0v) is 12.5. The number of aromatic carboxylic acids is 1. The van der Waals surface area contributed by atoms with Gasteiger partial charge in [-0.3, -0.25) is 4.57 Å². The van der Waals surface area contributed by atoms with Crippen LogP contribution in [0.3, 0.4) is 0 Å². The van der Waals surface area contributed by atoms with Crippen molar-refractivity contribution in [2.45, 2.75) is 6.92 Å². The van der Waals surface area contributed by atoms with Gasteiger partial charge in [-0.15, -0.1) is 16.3 Å². The molecule has 0 unspecified atom stereocenters. The Morgan fingerprint density at radius 1 is 1.43 bits per heavy atom. The zero-order valence-electron chi connectivity index (χ0n) is 10.9. The largest absolute Gasteiger partial charge is 0.477 e. The molecule has 2 aromatic rings. The number of rotatable bonds is 3. The predicted octanol–water partition coefficient (Wildman–Crippen LogP) is 2.95. The van der Waals surface area contributed by atoms with Crippen molar-refractivity contribution in [1.29, 1.82) is 0 Å². The van der Waals surface area contributed by atoms with Gasteiger partial charge in [0.2, 0.25) is 4.80 Å². The number of carbonyl (C=O) groups excluding carboxylic acids is 1. The fourth-order valence-electron chi connectivity index (χ4n) is 1.64. The summed E-state index contributed by atoms with van der Waals surface area (Å²) in [5.41, 5.74) is 0.400. The maximum Gasteiger partial charge on any atom is 0.436 e. The summed E-state index contributed by atoms with van der Waals surface area (Å²) < 4.78 is 6.06. The van der Waals surface area contributed by atoms with E-state index in [9.17, 15) is 14.7 Å². The second kappa shape index (κ2) is 6.55. The van der Waals surface area contributed by atoms with Gasteiger partial charge in [-0.2, -0.15) is 0 Å². The summed E-state index contributed by atoms with van der Waals surface area (Å²) in [5.74, 6) is -1.14. The van der Waals surface area contributed by atoms with Crippen molar-refractivity contribution in [1.82, 2.24) is 4.57 Å². The fourth-order valence-corrected chi connectivity index (χ4v) is 2.71. The number of thiazole rings is 1. The minimum absolute atomic E-state index is 0.0313. The first-order valence-corrected chi connectivity index (χ1v) is 7.20. The smallest absolute Gasteiger partial charge is 0.436 e. The topological polar surface area (TPSA) is 80.9 Å². The monoisotopic (exact) mass is 326 g/mol. The Morgan fingerprint density at radius 3 is 2.76 bits per heavy atom. The van der Waals surface area contributed by atoms with Gasteiger partial charge in [-0.05, 0) is 19.1 Å². The Labute approximate surface area is 128 Å². The molecule has 1 amide bonds. The molecule has 21 heavy (non-hydrogen) atoms. The van der Waals surface area contributed by atoms with Crippen LogP contribution in [0.15, 0.2) is 34.6 Å². The molecule has 0 atom stereocenters. The van der Waals surface area contributed by atoms with E-state index in [2.05, 4.69) is 4.99 Å². The molecule has 110 valence electrons. The van der Waals surface area contributed by atoms with Crippen LogP contribution in [0.4, 0.5) is 4.79 Å². The zero-order chi connectivity index (χ0) is 15.4. The van der Waals surface area contributed by atoms with E-state index in [4.69, 9.17) is 16.3 Å².